The lowest BCUT2D eigenvalue weighted by atomic mass is 10.0. The molecule has 35 heavy (non-hydrogen) atoms. The number of aryl methyl sites for hydroxylation is 3. The molecule has 1 aliphatic heterocycles. The number of benzene rings is 2. The summed E-state index contributed by atoms with van der Waals surface area (Å²) in [4.78, 5) is 11.5. The quantitative estimate of drug-likeness (QED) is 0.406. The van der Waals surface area contributed by atoms with Gasteiger partial charge >= 0.3 is 0 Å². The Labute approximate surface area is 210 Å². The Balaban J connectivity index is 1.46. The summed E-state index contributed by atoms with van der Waals surface area (Å²) in [6, 6.07) is 13.6. The van der Waals surface area contributed by atoms with Gasteiger partial charge in [0.2, 0.25) is 10.0 Å². The van der Waals surface area contributed by atoms with Gasteiger partial charge in [0.25, 0.3) is 5.78 Å². The maximum Gasteiger partial charge on any atom is 0.254 e. The number of nitrogens with zero attached hydrogens (tertiary/aromatic N) is 6. The Kier molecular flexibility index (Phi) is 6.25. The van der Waals surface area contributed by atoms with Crippen LogP contribution in [0.2, 0.25) is 5.02 Å². The molecule has 0 atom stereocenters. The second-order valence-electron chi connectivity index (χ2n) is 8.89. The highest BCUT2D eigenvalue weighted by atomic mass is 35.5. The van der Waals surface area contributed by atoms with E-state index in [1.165, 1.54) is 11.9 Å². The normalized spacial score (nSPS) is 15.1. The summed E-state index contributed by atoms with van der Waals surface area (Å²) in [5.74, 6) is 1.46. The van der Waals surface area contributed by atoms with Gasteiger partial charge in [-0.05, 0) is 49.6 Å². The molecule has 0 radical (unpaired) electrons. The fourth-order valence-corrected chi connectivity index (χ4v) is 6.54. The lowest BCUT2D eigenvalue weighted by molar-refractivity contribution is 0.382. The third kappa shape index (κ3) is 4.39. The SMILES string of the molecule is Cc1cc(S(=O)(=O)N2CCN(c3c(Cc4ccccc4)c(C)nc4ncnn34)CC2)c(C)cc1Cl. The van der Waals surface area contributed by atoms with E-state index in [0.717, 1.165) is 22.6 Å². The number of piperazine rings is 1. The van der Waals surface area contributed by atoms with Crippen LogP contribution in [0.4, 0.5) is 5.82 Å². The summed E-state index contributed by atoms with van der Waals surface area (Å²) < 4.78 is 30.3. The number of fused-ring (bicyclic) bond motifs is 1. The van der Waals surface area contributed by atoms with Crippen molar-refractivity contribution in [3.8, 4) is 0 Å². The van der Waals surface area contributed by atoms with Gasteiger partial charge in [-0.1, -0.05) is 41.9 Å². The maximum absolute atomic E-state index is 13.5. The van der Waals surface area contributed by atoms with Crippen LogP contribution in [0.15, 0.2) is 53.7 Å². The third-order valence-corrected chi connectivity index (χ3v) is 8.99. The number of rotatable bonds is 5. The molecule has 2 aromatic heterocycles. The Morgan fingerprint density at radius 1 is 0.971 bits per heavy atom. The lowest BCUT2D eigenvalue weighted by Crippen LogP contribution is -2.49. The molecule has 0 saturated carbocycles. The number of hydrogen-bond donors (Lipinski definition) is 0. The molecule has 182 valence electrons. The first-order chi connectivity index (χ1) is 16.8. The molecular formula is C25H27ClN6O2S. The van der Waals surface area contributed by atoms with Gasteiger partial charge in [0, 0.05) is 48.9 Å². The van der Waals surface area contributed by atoms with Crippen molar-refractivity contribution in [2.75, 3.05) is 31.1 Å². The minimum atomic E-state index is -3.64. The van der Waals surface area contributed by atoms with E-state index in [1.807, 2.05) is 32.0 Å². The smallest absolute Gasteiger partial charge is 0.254 e. The average molecular weight is 511 g/mol. The van der Waals surface area contributed by atoms with Gasteiger partial charge < -0.3 is 4.90 Å². The van der Waals surface area contributed by atoms with Gasteiger partial charge in [0.05, 0.1) is 4.90 Å². The topological polar surface area (TPSA) is 83.7 Å². The number of aromatic nitrogens is 4. The van der Waals surface area contributed by atoms with E-state index < -0.39 is 10.0 Å². The molecule has 5 rings (SSSR count). The Bertz CT molecular complexity index is 1500. The van der Waals surface area contributed by atoms with Crippen molar-refractivity contribution in [1.82, 2.24) is 23.9 Å². The molecule has 0 spiro atoms. The van der Waals surface area contributed by atoms with E-state index in [-0.39, 0.29) is 0 Å². The van der Waals surface area contributed by atoms with E-state index in [2.05, 4.69) is 32.1 Å². The molecule has 3 heterocycles. The minimum Gasteiger partial charge on any atom is -0.354 e. The standard InChI is InChI=1S/C25H27ClN6O2S/c1-17-14-23(18(2)13-22(17)26)35(33,34)31-11-9-30(10-12-31)24-21(15-20-7-5-4-6-8-20)19(3)29-25-27-16-28-32(24)25/h4-8,13-14,16H,9-12,15H2,1-3H3. The van der Waals surface area contributed by atoms with Crippen LogP contribution in [0.5, 0.6) is 0 Å². The molecule has 0 aliphatic carbocycles. The van der Waals surface area contributed by atoms with Crippen molar-refractivity contribution < 1.29 is 8.42 Å². The number of halogens is 1. The van der Waals surface area contributed by atoms with Gasteiger partial charge in [-0.2, -0.15) is 18.9 Å². The zero-order chi connectivity index (χ0) is 24.7. The fourth-order valence-electron chi connectivity index (χ4n) is 4.61. The first kappa shape index (κ1) is 23.7. The van der Waals surface area contributed by atoms with Crippen molar-refractivity contribution in [3.63, 3.8) is 0 Å². The van der Waals surface area contributed by atoms with Crippen molar-refractivity contribution in [1.29, 1.82) is 0 Å². The predicted molar refractivity (Wildman–Crippen MR) is 137 cm³/mol. The molecule has 0 unspecified atom stereocenters. The molecule has 0 N–H and O–H groups in total. The molecule has 10 heteroatoms. The van der Waals surface area contributed by atoms with Crippen molar-refractivity contribution in [2.45, 2.75) is 32.1 Å². The van der Waals surface area contributed by atoms with Gasteiger partial charge in [0.15, 0.2) is 0 Å². The van der Waals surface area contributed by atoms with Gasteiger partial charge in [-0.15, -0.1) is 0 Å². The number of hydrogen-bond acceptors (Lipinski definition) is 6. The van der Waals surface area contributed by atoms with Crippen LogP contribution in [0.3, 0.4) is 0 Å². The molecular weight excluding hydrogens is 484 g/mol. The van der Waals surface area contributed by atoms with E-state index in [1.54, 1.807) is 27.9 Å². The summed E-state index contributed by atoms with van der Waals surface area (Å²) >= 11 is 6.20. The van der Waals surface area contributed by atoms with E-state index in [4.69, 9.17) is 11.6 Å². The van der Waals surface area contributed by atoms with Gasteiger partial charge in [0.1, 0.15) is 12.1 Å². The summed E-state index contributed by atoms with van der Waals surface area (Å²) in [5.41, 5.74) is 4.54. The maximum atomic E-state index is 13.5. The number of sulfonamides is 1. The molecule has 1 fully saturated rings. The summed E-state index contributed by atoms with van der Waals surface area (Å²) in [7, 11) is -3.64. The molecule has 1 aliphatic rings. The predicted octanol–water partition coefficient (Wildman–Crippen LogP) is 3.80. The summed E-state index contributed by atoms with van der Waals surface area (Å²) in [6.07, 6.45) is 2.20. The van der Waals surface area contributed by atoms with Crippen LogP contribution in [0.25, 0.3) is 5.78 Å². The second-order valence-corrected chi connectivity index (χ2v) is 11.2. The summed E-state index contributed by atoms with van der Waals surface area (Å²) in [6.45, 7) is 7.39. The minimum absolute atomic E-state index is 0.316. The van der Waals surface area contributed by atoms with E-state index >= 15 is 0 Å². The van der Waals surface area contributed by atoms with Crippen molar-refractivity contribution in [2.24, 2.45) is 0 Å². The average Bonchev–Trinajstić information content (AvgIpc) is 3.30. The van der Waals surface area contributed by atoms with Crippen LogP contribution in [-0.2, 0) is 16.4 Å². The Morgan fingerprint density at radius 2 is 1.69 bits per heavy atom. The zero-order valence-electron chi connectivity index (χ0n) is 19.9. The molecule has 0 bridgehead atoms. The highest BCUT2D eigenvalue weighted by Gasteiger charge is 2.32. The molecule has 8 nitrogen and oxygen atoms in total. The zero-order valence-corrected chi connectivity index (χ0v) is 21.5. The summed E-state index contributed by atoms with van der Waals surface area (Å²) in [5, 5.41) is 5.01. The monoisotopic (exact) mass is 510 g/mol. The molecule has 4 aromatic rings. The van der Waals surface area contributed by atoms with Crippen LogP contribution in [0.1, 0.15) is 27.9 Å². The van der Waals surface area contributed by atoms with Crippen molar-refractivity contribution in [3.05, 3.63) is 81.8 Å². The number of anilines is 1. The highest BCUT2D eigenvalue weighted by molar-refractivity contribution is 7.89. The van der Waals surface area contributed by atoms with Crippen LogP contribution < -0.4 is 4.90 Å². The van der Waals surface area contributed by atoms with Crippen LogP contribution in [0, 0.1) is 20.8 Å². The Hall–Kier alpha value is -3.01. The molecule has 0 amide bonds. The highest BCUT2D eigenvalue weighted by Crippen LogP contribution is 2.30. The molecule has 2 aromatic carbocycles. The largest absolute Gasteiger partial charge is 0.354 e. The van der Waals surface area contributed by atoms with Gasteiger partial charge in [-0.3, -0.25) is 0 Å². The first-order valence-electron chi connectivity index (χ1n) is 11.5. The van der Waals surface area contributed by atoms with Crippen LogP contribution in [-0.4, -0.2) is 58.5 Å². The second kappa shape index (κ2) is 9.22. The van der Waals surface area contributed by atoms with Crippen LogP contribution >= 0.6 is 11.6 Å². The lowest BCUT2D eigenvalue weighted by Gasteiger charge is -2.36. The van der Waals surface area contributed by atoms with Crippen molar-refractivity contribution >= 4 is 33.2 Å². The first-order valence-corrected chi connectivity index (χ1v) is 13.3. The third-order valence-electron chi connectivity index (χ3n) is 6.54. The van der Waals surface area contributed by atoms with E-state index in [0.29, 0.717) is 53.9 Å². The fraction of sp³-hybridized carbons (Fsp3) is 0.320. The Morgan fingerprint density at radius 3 is 2.40 bits per heavy atom. The molecule has 1 saturated heterocycles. The van der Waals surface area contributed by atoms with E-state index in [9.17, 15) is 8.42 Å². The van der Waals surface area contributed by atoms with Gasteiger partial charge in [-0.25, -0.2) is 13.4 Å².